The largest absolute Gasteiger partial charge is 0.383 e. The number of benzene rings is 2. The Balaban J connectivity index is 1.84. The summed E-state index contributed by atoms with van der Waals surface area (Å²) in [5, 5.41) is 2.80. The fourth-order valence-corrected chi connectivity index (χ4v) is 2.40. The van der Waals surface area contributed by atoms with Crippen LogP contribution in [0.4, 0.5) is 0 Å². The number of nitrogens with one attached hydrogen (secondary N) is 1. The van der Waals surface area contributed by atoms with Crippen LogP contribution in [0.5, 0.6) is 0 Å². The van der Waals surface area contributed by atoms with Gasteiger partial charge in [-0.3, -0.25) is 9.59 Å². The molecule has 1 aliphatic carbocycles. The van der Waals surface area contributed by atoms with E-state index in [-0.39, 0.29) is 17.7 Å². The zero-order valence-electron chi connectivity index (χ0n) is 13.2. The first-order valence-electron chi connectivity index (χ1n) is 7.94. The van der Waals surface area contributed by atoms with Crippen molar-refractivity contribution in [3.05, 3.63) is 71.8 Å². The number of hydrogen-bond donors (Lipinski definition) is 2. The highest BCUT2D eigenvalue weighted by Crippen LogP contribution is 2.30. The molecule has 0 heterocycles. The molecule has 3 rings (SSSR count). The van der Waals surface area contributed by atoms with E-state index in [9.17, 15) is 9.59 Å². The Bertz CT molecular complexity index is 753. The van der Waals surface area contributed by atoms with Crippen molar-refractivity contribution in [3.63, 3.8) is 0 Å². The first-order chi connectivity index (χ1) is 11.6. The maximum atomic E-state index is 12.6. The first kappa shape index (κ1) is 15.9. The van der Waals surface area contributed by atoms with E-state index >= 15 is 0 Å². The van der Waals surface area contributed by atoms with Gasteiger partial charge in [0.05, 0.1) is 0 Å². The van der Waals surface area contributed by atoms with Gasteiger partial charge in [0.2, 0.25) is 5.91 Å². The molecule has 0 radical (unpaired) electrons. The number of nitrogens with two attached hydrogens (primary N) is 1. The summed E-state index contributed by atoms with van der Waals surface area (Å²) in [5.41, 5.74) is 7.30. The van der Waals surface area contributed by atoms with Gasteiger partial charge in [0, 0.05) is 11.5 Å². The number of carbonyl (C=O) groups excluding carboxylic acids is 2. The average Bonchev–Trinajstić information content (AvgIpc) is 3.46. The van der Waals surface area contributed by atoms with Gasteiger partial charge in [-0.1, -0.05) is 60.7 Å². The molecule has 0 spiro atoms. The summed E-state index contributed by atoms with van der Waals surface area (Å²) in [7, 11) is 0. The minimum Gasteiger partial charge on any atom is -0.383 e. The van der Waals surface area contributed by atoms with Crippen molar-refractivity contribution < 1.29 is 9.59 Å². The van der Waals surface area contributed by atoms with E-state index in [1.165, 1.54) is 0 Å². The number of aliphatic imine (C=N–C) groups is 1. The summed E-state index contributed by atoms with van der Waals surface area (Å²) in [4.78, 5) is 28.7. The number of carbonyl (C=O) groups is 2. The van der Waals surface area contributed by atoms with Crippen LogP contribution >= 0.6 is 0 Å². The number of nitrogens with zero attached hydrogens (tertiary/aromatic N) is 1. The Morgan fingerprint density at radius 3 is 2.17 bits per heavy atom. The van der Waals surface area contributed by atoms with Gasteiger partial charge in [0.25, 0.3) is 5.91 Å². The van der Waals surface area contributed by atoms with E-state index in [0.29, 0.717) is 11.1 Å². The van der Waals surface area contributed by atoms with Crippen LogP contribution in [0.3, 0.4) is 0 Å². The van der Waals surface area contributed by atoms with Crippen molar-refractivity contribution in [1.82, 2.24) is 5.32 Å². The van der Waals surface area contributed by atoms with Crippen molar-refractivity contribution >= 4 is 17.6 Å². The highest BCUT2D eigenvalue weighted by molar-refractivity contribution is 6.05. The molecule has 122 valence electrons. The lowest BCUT2D eigenvalue weighted by Crippen LogP contribution is -2.35. The van der Waals surface area contributed by atoms with E-state index in [1.54, 1.807) is 24.3 Å². The van der Waals surface area contributed by atoms with Gasteiger partial charge in [-0.05, 0) is 18.4 Å². The quantitative estimate of drug-likeness (QED) is 0.654. The molecule has 0 bridgehead atoms. The van der Waals surface area contributed by atoms with Gasteiger partial charge < -0.3 is 11.1 Å². The van der Waals surface area contributed by atoms with Crippen molar-refractivity contribution in [1.29, 1.82) is 0 Å². The third kappa shape index (κ3) is 3.87. The molecule has 3 N–H and O–H groups in total. The fourth-order valence-electron chi connectivity index (χ4n) is 2.40. The highest BCUT2D eigenvalue weighted by atomic mass is 16.2. The second-order valence-electron chi connectivity index (χ2n) is 5.83. The summed E-state index contributed by atoms with van der Waals surface area (Å²) in [6.45, 7) is 0. The van der Waals surface area contributed by atoms with Gasteiger partial charge in [-0.15, -0.1) is 0 Å². The molecule has 0 saturated heterocycles. The number of amidine groups is 1. The number of hydrogen-bond acceptors (Lipinski definition) is 2. The van der Waals surface area contributed by atoms with Crippen LogP contribution in [0, 0.1) is 5.92 Å². The maximum absolute atomic E-state index is 12.6. The normalized spacial score (nSPS) is 15.6. The zero-order chi connectivity index (χ0) is 16.9. The SMILES string of the molecule is NC(=NC(=O)C(NC(=O)C1CC1)c1ccccc1)c1ccccc1. The second kappa shape index (κ2) is 7.08. The minimum absolute atomic E-state index is 0.0134. The molecule has 2 aromatic rings. The molecule has 1 fully saturated rings. The van der Waals surface area contributed by atoms with E-state index in [4.69, 9.17) is 5.73 Å². The Morgan fingerprint density at radius 1 is 1.00 bits per heavy atom. The molecule has 5 heteroatoms. The van der Waals surface area contributed by atoms with E-state index < -0.39 is 11.9 Å². The predicted molar refractivity (Wildman–Crippen MR) is 92.2 cm³/mol. The molecule has 2 amide bonds. The molecular weight excluding hydrogens is 302 g/mol. The van der Waals surface area contributed by atoms with Crippen molar-refractivity contribution in [3.8, 4) is 0 Å². The number of rotatable bonds is 5. The van der Waals surface area contributed by atoms with Crippen LogP contribution in [0.1, 0.15) is 30.0 Å². The molecule has 5 nitrogen and oxygen atoms in total. The summed E-state index contributed by atoms with van der Waals surface area (Å²) >= 11 is 0. The molecular formula is C19H19N3O2. The summed E-state index contributed by atoms with van der Waals surface area (Å²) < 4.78 is 0. The van der Waals surface area contributed by atoms with Gasteiger partial charge in [-0.25, -0.2) is 0 Å². The third-order valence-electron chi connectivity index (χ3n) is 3.91. The predicted octanol–water partition coefficient (Wildman–Crippen LogP) is 2.19. The highest BCUT2D eigenvalue weighted by Gasteiger charge is 2.33. The summed E-state index contributed by atoms with van der Waals surface area (Å²) in [6, 6.07) is 17.4. The monoisotopic (exact) mass is 321 g/mol. The van der Waals surface area contributed by atoms with Crippen LogP contribution in [0.25, 0.3) is 0 Å². The Morgan fingerprint density at radius 2 is 1.58 bits per heavy atom. The van der Waals surface area contributed by atoms with Crippen molar-refractivity contribution in [2.45, 2.75) is 18.9 Å². The van der Waals surface area contributed by atoms with Gasteiger partial charge >= 0.3 is 0 Å². The Kier molecular flexibility index (Phi) is 4.70. The third-order valence-corrected chi connectivity index (χ3v) is 3.91. The standard InChI is InChI=1S/C19H19N3O2/c20-17(14-9-5-2-6-10-14)22-19(24)16(13-7-3-1-4-8-13)21-18(23)15-11-12-15/h1-10,15-16H,11-12H2,(H,21,23)(H2,20,22,24). The lowest BCUT2D eigenvalue weighted by atomic mass is 10.1. The second-order valence-corrected chi connectivity index (χ2v) is 5.83. The van der Waals surface area contributed by atoms with Crippen LogP contribution in [0.2, 0.25) is 0 Å². The molecule has 1 saturated carbocycles. The lowest BCUT2D eigenvalue weighted by molar-refractivity contribution is -0.128. The van der Waals surface area contributed by atoms with Crippen LogP contribution in [-0.4, -0.2) is 17.6 Å². The van der Waals surface area contributed by atoms with Gasteiger partial charge in [-0.2, -0.15) is 4.99 Å². The molecule has 1 unspecified atom stereocenters. The molecule has 0 aliphatic heterocycles. The molecule has 0 aromatic heterocycles. The minimum atomic E-state index is -0.818. The van der Waals surface area contributed by atoms with Gasteiger partial charge in [0.15, 0.2) is 0 Å². The lowest BCUT2D eigenvalue weighted by Gasteiger charge is -2.16. The average molecular weight is 321 g/mol. The molecule has 1 atom stereocenters. The smallest absolute Gasteiger partial charge is 0.274 e. The van der Waals surface area contributed by atoms with Gasteiger partial charge in [0.1, 0.15) is 11.9 Å². The van der Waals surface area contributed by atoms with E-state index in [2.05, 4.69) is 10.3 Å². The zero-order valence-corrected chi connectivity index (χ0v) is 13.2. The van der Waals surface area contributed by atoms with E-state index in [1.807, 2.05) is 36.4 Å². The summed E-state index contributed by atoms with van der Waals surface area (Å²) in [5.74, 6) is -0.427. The molecule has 24 heavy (non-hydrogen) atoms. The fraction of sp³-hybridized carbons (Fsp3) is 0.211. The van der Waals surface area contributed by atoms with Crippen molar-refractivity contribution in [2.75, 3.05) is 0 Å². The van der Waals surface area contributed by atoms with Crippen LogP contribution < -0.4 is 11.1 Å². The maximum Gasteiger partial charge on any atom is 0.274 e. The molecule has 2 aromatic carbocycles. The van der Waals surface area contributed by atoms with Crippen LogP contribution in [0.15, 0.2) is 65.7 Å². The summed E-state index contributed by atoms with van der Waals surface area (Å²) in [6.07, 6.45) is 1.74. The van der Waals surface area contributed by atoms with E-state index in [0.717, 1.165) is 12.8 Å². The number of amides is 2. The Hall–Kier alpha value is -2.95. The topological polar surface area (TPSA) is 84.5 Å². The van der Waals surface area contributed by atoms with Crippen LogP contribution in [-0.2, 0) is 9.59 Å². The Labute approximate surface area is 140 Å². The first-order valence-corrected chi connectivity index (χ1v) is 7.94. The van der Waals surface area contributed by atoms with Crippen molar-refractivity contribution in [2.24, 2.45) is 16.6 Å². The molecule has 1 aliphatic rings.